The summed E-state index contributed by atoms with van der Waals surface area (Å²) in [4.78, 5) is 15.7. The van der Waals surface area contributed by atoms with Crippen LogP contribution in [0.3, 0.4) is 0 Å². The molecule has 3 heterocycles. The molecular formula is C21H24N4. The second kappa shape index (κ2) is 7.18. The Morgan fingerprint density at radius 1 is 1.12 bits per heavy atom. The first-order valence-electron chi connectivity index (χ1n) is 9.15. The number of rotatable bonds is 4. The van der Waals surface area contributed by atoms with Gasteiger partial charge in [0, 0.05) is 30.9 Å². The Morgan fingerprint density at radius 3 is 2.80 bits per heavy atom. The molecule has 1 saturated heterocycles. The monoisotopic (exact) mass is 332 g/mol. The van der Waals surface area contributed by atoms with Crippen LogP contribution in [0.25, 0.3) is 10.9 Å². The minimum atomic E-state index is 0.797. The van der Waals surface area contributed by atoms with E-state index < -0.39 is 0 Å². The normalized spacial score (nSPS) is 15.6. The first kappa shape index (κ1) is 16.0. The highest BCUT2D eigenvalue weighted by Gasteiger charge is 2.21. The number of fused-ring (bicyclic) bond motifs is 1. The van der Waals surface area contributed by atoms with Crippen molar-refractivity contribution in [3.63, 3.8) is 0 Å². The fraction of sp³-hybridized carbons (Fsp3) is 0.381. The van der Waals surface area contributed by atoms with Gasteiger partial charge in [-0.25, -0.2) is 9.97 Å². The number of nitrogens with zero attached hydrogens (tertiary/aromatic N) is 4. The van der Waals surface area contributed by atoms with E-state index >= 15 is 0 Å². The summed E-state index contributed by atoms with van der Waals surface area (Å²) in [5.41, 5.74) is 3.64. The van der Waals surface area contributed by atoms with E-state index in [9.17, 15) is 0 Å². The Morgan fingerprint density at radius 2 is 2.00 bits per heavy atom. The summed E-state index contributed by atoms with van der Waals surface area (Å²) in [6.45, 7) is 4.29. The summed E-state index contributed by atoms with van der Waals surface area (Å²) in [5, 5.41) is 1.18. The maximum atomic E-state index is 4.60. The summed E-state index contributed by atoms with van der Waals surface area (Å²) in [6, 6.07) is 10.6. The van der Waals surface area contributed by atoms with Crippen LogP contribution in [-0.2, 0) is 6.42 Å². The zero-order valence-electron chi connectivity index (χ0n) is 14.7. The van der Waals surface area contributed by atoms with Crippen LogP contribution in [0.2, 0.25) is 0 Å². The first-order chi connectivity index (χ1) is 12.3. The van der Waals surface area contributed by atoms with Crippen LogP contribution < -0.4 is 4.90 Å². The van der Waals surface area contributed by atoms with Crippen molar-refractivity contribution in [3.8, 4) is 0 Å². The second-order valence-corrected chi connectivity index (χ2v) is 7.05. The van der Waals surface area contributed by atoms with Gasteiger partial charge >= 0.3 is 0 Å². The van der Waals surface area contributed by atoms with Gasteiger partial charge in [0.05, 0.1) is 5.52 Å². The lowest BCUT2D eigenvalue weighted by Gasteiger charge is -2.33. The van der Waals surface area contributed by atoms with E-state index in [0.717, 1.165) is 36.8 Å². The lowest BCUT2D eigenvalue weighted by Crippen LogP contribution is -2.34. The van der Waals surface area contributed by atoms with Crippen molar-refractivity contribution in [2.75, 3.05) is 18.0 Å². The summed E-state index contributed by atoms with van der Waals surface area (Å²) in [5.74, 6) is 1.89. The van der Waals surface area contributed by atoms with Gasteiger partial charge in [-0.3, -0.25) is 4.98 Å². The van der Waals surface area contributed by atoms with E-state index in [1.807, 2.05) is 18.5 Å². The Hall–Kier alpha value is -2.49. The van der Waals surface area contributed by atoms with E-state index in [1.54, 1.807) is 6.33 Å². The third kappa shape index (κ3) is 3.63. The summed E-state index contributed by atoms with van der Waals surface area (Å²) in [7, 11) is 0. The largest absolute Gasteiger partial charge is 0.356 e. The molecule has 0 amide bonds. The van der Waals surface area contributed by atoms with Gasteiger partial charge in [-0.2, -0.15) is 0 Å². The van der Waals surface area contributed by atoms with Gasteiger partial charge in [0.2, 0.25) is 0 Å². The highest BCUT2D eigenvalue weighted by Crippen LogP contribution is 2.29. The van der Waals surface area contributed by atoms with E-state index in [0.29, 0.717) is 0 Å². The van der Waals surface area contributed by atoms with Crippen LogP contribution in [0.5, 0.6) is 0 Å². The lowest BCUT2D eigenvalue weighted by atomic mass is 9.90. The molecule has 0 bridgehead atoms. The number of anilines is 1. The number of hydrogen-bond acceptors (Lipinski definition) is 4. The minimum Gasteiger partial charge on any atom is -0.356 e. The molecule has 25 heavy (non-hydrogen) atoms. The molecule has 2 aromatic heterocycles. The van der Waals surface area contributed by atoms with Crippen molar-refractivity contribution in [1.82, 2.24) is 15.0 Å². The molecule has 0 aliphatic carbocycles. The highest BCUT2D eigenvalue weighted by molar-refractivity contribution is 5.89. The molecule has 0 unspecified atom stereocenters. The van der Waals surface area contributed by atoms with Crippen LogP contribution >= 0.6 is 0 Å². The average molecular weight is 332 g/mol. The van der Waals surface area contributed by atoms with Crippen LogP contribution in [0.15, 0.2) is 49.1 Å². The molecule has 1 aliphatic heterocycles. The zero-order chi connectivity index (χ0) is 17.1. The molecule has 0 N–H and O–H groups in total. The van der Waals surface area contributed by atoms with Gasteiger partial charge in [0.25, 0.3) is 0 Å². The topological polar surface area (TPSA) is 41.9 Å². The number of hydrogen-bond donors (Lipinski definition) is 0. The van der Waals surface area contributed by atoms with Crippen LogP contribution in [0, 0.1) is 12.8 Å². The quantitative estimate of drug-likeness (QED) is 0.719. The number of pyridine rings is 1. The predicted molar refractivity (Wildman–Crippen MR) is 102 cm³/mol. The molecule has 4 rings (SSSR count). The standard InChI is InChI=1S/C21H24N4/c1-16-4-7-20-19(13-16)21(24-15-23-20)25-11-8-17(9-12-25)5-6-18-3-2-10-22-14-18/h2-4,7,10,13-15,17H,5-6,8-9,11-12H2,1H3. The van der Waals surface area contributed by atoms with Crippen molar-refractivity contribution < 1.29 is 0 Å². The highest BCUT2D eigenvalue weighted by atomic mass is 15.2. The third-order valence-electron chi connectivity index (χ3n) is 5.25. The van der Waals surface area contributed by atoms with Crippen LogP contribution in [0.4, 0.5) is 5.82 Å². The maximum Gasteiger partial charge on any atom is 0.139 e. The minimum absolute atomic E-state index is 0.797. The average Bonchev–Trinajstić information content (AvgIpc) is 2.67. The molecule has 0 atom stereocenters. The first-order valence-corrected chi connectivity index (χ1v) is 9.15. The molecule has 4 heteroatoms. The second-order valence-electron chi connectivity index (χ2n) is 7.05. The summed E-state index contributed by atoms with van der Waals surface area (Å²) in [6.07, 6.45) is 10.4. The molecule has 4 nitrogen and oxygen atoms in total. The molecule has 1 aliphatic rings. The molecule has 0 radical (unpaired) electrons. The number of aryl methyl sites for hydroxylation is 2. The van der Waals surface area contributed by atoms with Crippen molar-refractivity contribution in [2.24, 2.45) is 5.92 Å². The Bertz CT molecular complexity index is 839. The van der Waals surface area contributed by atoms with Crippen molar-refractivity contribution >= 4 is 16.7 Å². The van der Waals surface area contributed by atoms with E-state index in [2.05, 4.69) is 51.0 Å². The molecule has 1 fully saturated rings. The van der Waals surface area contributed by atoms with Gasteiger partial charge < -0.3 is 4.90 Å². The third-order valence-corrected chi connectivity index (χ3v) is 5.25. The number of benzene rings is 1. The number of aromatic nitrogens is 3. The van der Waals surface area contributed by atoms with Gasteiger partial charge in [-0.05, 0) is 62.3 Å². The van der Waals surface area contributed by atoms with Gasteiger partial charge in [0.15, 0.2) is 0 Å². The fourth-order valence-corrected chi connectivity index (χ4v) is 3.76. The summed E-state index contributed by atoms with van der Waals surface area (Å²) < 4.78 is 0. The Balaban J connectivity index is 1.41. The Labute approximate surface area is 149 Å². The van der Waals surface area contributed by atoms with E-state index in [1.165, 1.54) is 35.8 Å². The van der Waals surface area contributed by atoms with Crippen molar-refractivity contribution in [3.05, 3.63) is 60.2 Å². The molecule has 0 spiro atoms. The van der Waals surface area contributed by atoms with Crippen molar-refractivity contribution in [2.45, 2.75) is 32.6 Å². The fourth-order valence-electron chi connectivity index (χ4n) is 3.76. The van der Waals surface area contributed by atoms with Gasteiger partial charge in [-0.1, -0.05) is 17.7 Å². The number of piperidine rings is 1. The SMILES string of the molecule is Cc1ccc2ncnc(N3CCC(CCc4cccnc4)CC3)c2c1. The molecule has 0 saturated carbocycles. The zero-order valence-corrected chi connectivity index (χ0v) is 14.7. The molecule has 128 valence electrons. The maximum absolute atomic E-state index is 4.60. The van der Waals surface area contributed by atoms with Crippen molar-refractivity contribution in [1.29, 1.82) is 0 Å². The predicted octanol–water partition coefficient (Wildman–Crippen LogP) is 4.18. The molecular weight excluding hydrogens is 308 g/mol. The van der Waals surface area contributed by atoms with Gasteiger partial charge in [-0.15, -0.1) is 0 Å². The van der Waals surface area contributed by atoms with Gasteiger partial charge in [0.1, 0.15) is 12.1 Å². The summed E-state index contributed by atoms with van der Waals surface area (Å²) >= 11 is 0. The van der Waals surface area contributed by atoms with E-state index in [4.69, 9.17) is 0 Å². The van der Waals surface area contributed by atoms with E-state index in [-0.39, 0.29) is 0 Å². The Kier molecular flexibility index (Phi) is 4.59. The van der Waals surface area contributed by atoms with Crippen LogP contribution in [-0.4, -0.2) is 28.0 Å². The molecule has 1 aromatic carbocycles. The van der Waals surface area contributed by atoms with Crippen LogP contribution in [0.1, 0.15) is 30.4 Å². The smallest absolute Gasteiger partial charge is 0.139 e. The molecule has 3 aromatic rings. The lowest BCUT2D eigenvalue weighted by molar-refractivity contribution is 0.381.